The molecule has 0 saturated heterocycles. The molecule has 0 spiro atoms. The summed E-state index contributed by atoms with van der Waals surface area (Å²) in [6, 6.07) is 25.4. The van der Waals surface area contributed by atoms with Crippen LogP contribution in [0.25, 0.3) is 40.3 Å². The molecule has 0 amide bonds. The lowest BCUT2D eigenvalue weighted by molar-refractivity contribution is -0.163. The minimum atomic E-state index is -1.12. The van der Waals surface area contributed by atoms with Gasteiger partial charge in [-0.3, -0.25) is 14.4 Å². The third-order valence-electron chi connectivity index (χ3n) is 8.60. The fourth-order valence-corrected chi connectivity index (χ4v) is 7.58. The lowest BCUT2D eigenvalue weighted by atomic mass is 9.97. The predicted molar refractivity (Wildman–Crippen MR) is 197 cm³/mol. The fourth-order valence-electron chi connectivity index (χ4n) is 5.48. The summed E-state index contributed by atoms with van der Waals surface area (Å²) in [5.41, 5.74) is -2.17. The minimum Gasteiger partial charge on any atom is -0.486 e. The molecule has 2 heterocycles. The van der Waals surface area contributed by atoms with E-state index in [4.69, 9.17) is 18.9 Å². The number of esters is 1. The van der Waals surface area contributed by atoms with Crippen molar-refractivity contribution >= 4 is 74.8 Å². The number of fused-ring (bicyclic) bond motifs is 4. The van der Waals surface area contributed by atoms with Gasteiger partial charge in [0.15, 0.2) is 17.5 Å². The SMILES string of the molecule is CCC(C)(OCCC(C)(C)OC(=O)COc1ccc2sc3ccccc3c(=O)c2c1)C(=O)COc1ccc2sc3ccccc3c(=O)c2c1. The van der Waals surface area contributed by atoms with Gasteiger partial charge in [-0.05, 0) is 87.9 Å². The van der Waals surface area contributed by atoms with Crippen LogP contribution in [0.1, 0.15) is 40.5 Å². The molecule has 6 rings (SSSR count). The summed E-state index contributed by atoms with van der Waals surface area (Å²) in [4.78, 5) is 52.0. The van der Waals surface area contributed by atoms with Gasteiger partial charge in [-0.15, -0.1) is 22.7 Å². The molecule has 10 heteroatoms. The van der Waals surface area contributed by atoms with Gasteiger partial charge < -0.3 is 18.9 Å². The molecule has 0 aliphatic carbocycles. The first-order valence-corrected chi connectivity index (χ1v) is 17.7. The van der Waals surface area contributed by atoms with E-state index in [1.807, 2.05) is 61.5 Å². The van der Waals surface area contributed by atoms with Crippen molar-refractivity contribution < 1.29 is 28.5 Å². The highest BCUT2D eigenvalue weighted by atomic mass is 32.1. The standard InChI is InChI=1S/C39H36O8S2/c1-5-39(4,34(40)22-44-24-14-16-32-28(20-24)36(42)26-10-6-8-12-30(26)48-32)46-19-18-38(2,3)47-35(41)23-45-25-15-17-33-29(21-25)37(43)27-11-7-9-13-31(27)49-33/h6-17,20-21H,5,18-19,22-23H2,1-4H3. The van der Waals surface area contributed by atoms with Crippen LogP contribution >= 0.6 is 22.7 Å². The molecular formula is C39H36O8S2. The van der Waals surface area contributed by atoms with Crippen LogP contribution < -0.4 is 20.3 Å². The number of Topliss-reactive ketones (excluding diaryl/α,β-unsaturated/α-hetero) is 1. The normalized spacial score (nSPS) is 13.1. The smallest absolute Gasteiger partial charge is 0.344 e. The van der Waals surface area contributed by atoms with Crippen molar-refractivity contribution in [2.24, 2.45) is 0 Å². The fraction of sp³-hybridized carbons (Fsp3) is 0.282. The van der Waals surface area contributed by atoms with Crippen LogP contribution in [0.4, 0.5) is 0 Å². The van der Waals surface area contributed by atoms with E-state index in [1.54, 1.807) is 51.1 Å². The summed E-state index contributed by atoms with van der Waals surface area (Å²) in [6.45, 7) is 6.71. The van der Waals surface area contributed by atoms with Gasteiger partial charge in [-0.1, -0.05) is 31.2 Å². The summed E-state index contributed by atoms with van der Waals surface area (Å²) >= 11 is 3.06. The number of ketones is 1. The first kappa shape index (κ1) is 34.2. The first-order valence-electron chi connectivity index (χ1n) is 16.0. The Balaban J connectivity index is 1.00. The van der Waals surface area contributed by atoms with E-state index >= 15 is 0 Å². The van der Waals surface area contributed by atoms with Gasteiger partial charge in [-0.25, -0.2) is 4.79 Å². The monoisotopic (exact) mass is 696 g/mol. The molecular weight excluding hydrogens is 661 g/mol. The van der Waals surface area contributed by atoms with Crippen LogP contribution in [0.3, 0.4) is 0 Å². The Morgan fingerprint density at radius 1 is 0.653 bits per heavy atom. The van der Waals surface area contributed by atoms with Crippen LogP contribution in [0, 0.1) is 0 Å². The van der Waals surface area contributed by atoms with Crippen LogP contribution in [0.5, 0.6) is 11.5 Å². The Bertz CT molecular complexity index is 2320. The second-order valence-electron chi connectivity index (χ2n) is 12.6. The van der Waals surface area contributed by atoms with Gasteiger partial charge in [0.05, 0.1) is 6.61 Å². The van der Waals surface area contributed by atoms with Crippen LogP contribution in [-0.4, -0.2) is 42.8 Å². The second-order valence-corrected chi connectivity index (χ2v) is 14.8. The minimum absolute atomic E-state index is 0.0708. The van der Waals surface area contributed by atoms with Crippen molar-refractivity contribution in [3.05, 3.63) is 105 Å². The zero-order valence-electron chi connectivity index (χ0n) is 27.7. The highest BCUT2D eigenvalue weighted by Crippen LogP contribution is 2.29. The van der Waals surface area contributed by atoms with Crippen molar-refractivity contribution in [3.63, 3.8) is 0 Å². The molecule has 8 nitrogen and oxygen atoms in total. The summed E-state index contributed by atoms with van der Waals surface area (Å²) in [6.07, 6.45) is 0.741. The maximum Gasteiger partial charge on any atom is 0.344 e. The predicted octanol–water partition coefficient (Wildman–Crippen LogP) is 8.07. The molecule has 0 N–H and O–H groups in total. The summed E-state index contributed by atoms with van der Waals surface area (Å²) in [5.74, 6) is 0.0190. The van der Waals surface area contributed by atoms with Crippen LogP contribution in [-0.2, 0) is 19.1 Å². The number of carbonyl (C=O) groups is 2. The molecule has 0 radical (unpaired) electrons. The number of hydrogen-bond acceptors (Lipinski definition) is 10. The molecule has 49 heavy (non-hydrogen) atoms. The molecule has 0 saturated carbocycles. The van der Waals surface area contributed by atoms with Gasteiger partial charge in [0, 0.05) is 46.8 Å². The van der Waals surface area contributed by atoms with Gasteiger partial charge in [0.1, 0.15) is 29.3 Å². The van der Waals surface area contributed by atoms with Crippen molar-refractivity contribution in [2.75, 3.05) is 19.8 Å². The lowest BCUT2D eigenvalue weighted by Gasteiger charge is -2.30. The number of carbonyl (C=O) groups excluding carboxylic acids is 2. The van der Waals surface area contributed by atoms with Crippen molar-refractivity contribution in [3.8, 4) is 11.5 Å². The average molecular weight is 697 g/mol. The van der Waals surface area contributed by atoms with Gasteiger partial charge in [0.25, 0.3) is 0 Å². The quantitative estimate of drug-likeness (QED) is 0.0882. The molecule has 6 aromatic rings. The largest absolute Gasteiger partial charge is 0.486 e. The Kier molecular flexibility index (Phi) is 9.83. The molecule has 4 aromatic carbocycles. The van der Waals surface area contributed by atoms with Gasteiger partial charge in [0.2, 0.25) is 5.78 Å². The summed E-state index contributed by atoms with van der Waals surface area (Å²) < 4.78 is 26.8. The van der Waals surface area contributed by atoms with Crippen molar-refractivity contribution in [1.82, 2.24) is 0 Å². The Morgan fingerprint density at radius 2 is 1.14 bits per heavy atom. The molecule has 252 valence electrons. The van der Waals surface area contributed by atoms with Crippen molar-refractivity contribution in [1.29, 1.82) is 0 Å². The number of rotatable bonds is 13. The molecule has 0 fully saturated rings. The van der Waals surface area contributed by atoms with Gasteiger partial charge >= 0.3 is 5.97 Å². The van der Waals surface area contributed by atoms with E-state index < -0.39 is 17.2 Å². The number of hydrogen-bond donors (Lipinski definition) is 0. The van der Waals surface area contributed by atoms with E-state index in [2.05, 4.69) is 0 Å². The maximum absolute atomic E-state index is 13.3. The Morgan fingerprint density at radius 3 is 1.67 bits per heavy atom. The highest BCUT2D eigenvalue weighted by molar-refractivity contribution is 7.24. The van der Waals surface area contributed by atoms with Crippen LogP contribution in [0.2, 0.25) is 0 Å². The first-order chi connectivity index (χ1) is 23.5. The number of benzene rings is 4. The van der Waals surface area contributed by atoms with Crippen molar-refractivity contribution in [2.45, 2.75) is 51.7 Å². The maximum atomic E-state index is 13.3. The molecule has 2 aromatic heterocycles. The van der Waals surface area contributed by atoms with E-state index in [1.165, 1.54) is 22.7 Å². The summed E-state index contributed by atoms with van der Waals surface area (Å²) in [7, 11) is 0. The van der Waals surface area contributed by atoms with E-state index in [-0.39, 0.29) is 36.5 Å². The third kappa shape index (κ3) is 7.51. The lowest BCUT2D eigenvalue weighted by Crippen LogP contribution is -2.42. The average Bonchev–Trinajstić information content (AvgIpc) is 3.09. The van der Waals surface area contributed by atoms with E-state index in [0.717, 1.165) is 18.8 Å². The molecule has 1 atom stereocenters. The zero-order chi connectivity index (χ0) is 34.8. The molecule has 0 bridgehead atoms. The van der Waals surface area contributed by atoms with E-state index in [0.29, 0.717) is 45.9 Å². The Labute approximate surface area is 290 Å². The van der Waals surface area contributed by atoms with Crippen LogP contribution in [0.15, 0.2) is 94.5 Å². The molecule has 1 unspecified atom stereocenters. The highest BCUT2D eigenvalue weighted by Gasteiger charge is 2.34. The second kappa shape index (κ2) is 14.1. The Hall–Kier alpha value is -4.64. The topological polar surface area (TPSA) is 105 Å². The summed E-state index contributed by atoms with van der Waals surface area (Å²) in [5, 5.41) is 2.38. The molecule has 0 aliphatic rings. The number of ether oxygens (including phenoxy) is 4. The van der Waals surface area contributed by atoms with Gasteiger partial charge in [-0.2, -0.15) is 0 Å². The van der Waals surface area contributed by atoms with E-state index in [9.17, 15) is 19.2 Å². The molecule has 0 aliphatic heterocycles. The zero-order valence-corrected chi connectivity index (χ0v) is 29.3. The third-order valence-corrected chi connectivity index (χ3v) is 10.9.